The number of nitrogens with zero attached hydrogens (tertiary/aromatic N) is 1. The maximum atomic E-state index is 11.8. The quantitative estimate of drug-likeness (QED) is 0.833. The maximum Gasteiger partial charge on any atom is 0.331 e. The molecule has 0 saturated heterocycles. The third kappa shape index (κ3) is 4.03. The first-order valence-corrected chi connectivity index (χ1v) is 6.72. The minimum absolute atomic E-state index is 0.357. The molecule has 1 rings (SSSR count). The van der Waals surface area contributed by atoms with Gasteiger partial charge in [0.05, 0.1) is 0 Å². The number of carbonyl (C=O) groups excluding carboxylic acids is 1. The van der Waals surface area contributed by atoms with Gasteiger partial charge in [0.25, 0.3) is 0 Å². The van der Waals surface area contributed by atoms with E-state index in [-0.39, 0.29) is 6.03 Å². The Balaban J connectivity index is 2.62. The van der Waals surface area contributed by atoms with Crippen molar-refractivity contribution in [3.8, 4) is 0 Å². The molecule has 1 atom stereocenters. The van der Waals surface area contributed by atoms with Crippen LogP contribution in [0.15, 0.2) is 17.5 Å². The molecule has 0 bridgehead atoms. The van der Waals surface area contributed by atoms with E-state index >= 15 is 0 Å². The molecule has 2 amide bonds. The largest absolute Gasteiger partial charge is 0.479 e. The van der Waals surface area contributed by atoms with Crippen molar-refractivity contribution in [3.63, 3.8) is 0 Å². The van der Waals surface area contributed by atoms with Gasteiger partial charge in [-0.15, -0.1) is 11.3 Å². The van der Waals surface area contributed by atoms with Crippen LogP contribution in [0, 0.1) is 0 Å². The number of carbonyl (C=O) groups is 2. The van der Waals surface area contributed by atoms with E-state index in [1.165, 1.54) is 16.2 Å². The van der Waals surface area contributed by atoms with Crippen LogP contribution in [0.1, 0.15) is 30.7 Å². The third-order valence-electron chi connectivity index (χ3n) is 2.54. The van der Waals surface area contributed by atoms with Gasteiger partial charge >= 0.3 is 12.0 Å². The number of hydrogen-bond donors (Lipinski definition) is 2. The second-order valence-corrected chi connectivity index (χ2v) is 4.99. The summed E-state index contributed by atoms with van der Waals surface area (Å²) in [6.45, 7) is 2.66. The lowest BCUT2D eigenvalue weighted by Crippen LogP contribution is -2.42. The summed E-state index contributed by atoms with van der Waals surface area (Å²) in [6, 6.07) is 2.14. The molecule has 18 heavy (non-hydrogen) atoms. The molecule has 0 aliphatic heterocycles. The Morgan fingerprint density at radius 2 is 2.28 bits per heavy atom. The van der Waals surface area contributed by atoms with Crippen LogP contribution < -0.4 is 5.32 Å². The van der Waals surface area contributed by atoms with Crippen LogP contribution in [-0.4, -0.2) is 35.6 Å². The van der Waals surface area contributed by atoms with E-state index in [0.29, 0.717) is 11.4 Å². The van der Waals surface area contributed by atoms with Crippen LogP contribution in [0.4, 0.5) is 4.79 Å². The number of aliphatic carboxylic acids is 1. The van der Waals surface area contributed by atoms with Crippen molar-refractivity contribution in [2.75, 3.05) is 13.6 Å². The molecule has 0 aliphatic carbocycles. The lowest BCUT2D eigenvalue weighted by atomic mass is 10.2. The van der Waals surface area contributed by atoms with E-state index in [0.717, 1.165) is 12.8 Å². The average molecular weight is 270 g/mol. The molecule has 100 valence electrons. The molecule has 2 N–H and O–H groups in total. The lowest BCUT2D eigenvalue weighted by Gasteiger charge is -2.20. The first kappa shape index (κ1) is 14.5. The van der Waals surface area contributed by atoms with Crippen LogP contribution in [0.25, 0.3) is 0 Å². The van der Waals surface area contributed by atoms with Crippen LogP contribution in [0.3, 0.4) is 0 Å². The van der Waals surface area contributed by atoms with Gasteiger partial charge in [-0.25, -0.2) is 9.59 Å². The van der Waals surface area contributed by atoms with Gasteiger partial charge in [0.15, 0.2) is 6.04 Å². The molecule has 5 nitrogen and oxygen atoms in total. The summed E-state index contributed by atoms with van der Waals surface area (Å²) in [7, 11) is 1.67. The van der Waals surface area contributed by atoms with Gasteiger partial charge in [-0.1, -0.05) is 19.4 Å². The third-order valence-corrected chi connectivity index (χ3v) is 3.47. The standard InChI is InChI=1S/C12H18N2O3S/c1-3-4-7-14(2)12(17)13-10(11(15)16)9-6-5-8-18-9/h5-6,8,10H,3-4,7H2,1-2H3,(H,13,17)(H,15,16). The average Bonchev–Trinajstić information content (AvgIpc) is 2.85. The Hall–Kier alpha value is -1.56. The molecule has 1 aromatic rings. The Bertz CT molecular complexity index is 392. The van der Waals surface area contributed by atoms with Gasteiger partial charge in [-0.2, -0.15) is 0 Å². The second-order valence-electron chi connectivity index (χ2n) is 4.01. The van der Waals surface area contributed by atoms with Crippen molar-refractivity contribution < 1.29 is 14.7 Å². The minimum Gasteiger partial charge on any atom is -0.479 e. The van der Waals surface area contributed by atoms with Crippen molar-refractivity contribution >= 4 is 23.3 Å². The number of unbranched alkanes of at least 4 members (excludes halogenated alkanes) is 1. The Morgan fingerprint density at radius 3 is 2.78 bits per heavy atom. The highest BCUT2D eigenvalue weighted by molar-refractivity contribution is 7.10. The zero-order chi connectivity index (χ0) is 13.5. The van der Waals surface area contributed by atoms with Crippen molar-refractivity contribution in [1.29, 1.82) is 0 Å². The van der Waals surface area contributed by atoms with E-state index in [1.807, 2.05) is 6.92 Å². The number of rotatable bonds is 6. The van der Waals surface area contributed by atoms with Gasteiger partial charge in [-0.3, -0.25) is 0 Å². The van der Waals surface area contributed by atoms with E-state index in [2.05, 4.69) is 5.32 Å². The van der Waals surface area contributed by atoms with Crippen molar-refractivity contribution in [3.05, 3.63) is 22.4 Å². The zero-order valence-corrected chi connectivity index (χ0v) is 11.4. The monoisotopic (exact) mass is 270 g/mol. The number of carboxylic acids is 1. The van der Waals surface area contributed by atoms with Gasteiger partial charge in [0, 0.05) is 18.5 Å². The van der Waals surface area contributed by atoms with Gasteiger partial charge in [0.1, 0.15) is 0 Å². The molecule has 0 radical (unpaired) electrons. The second kappa shape index (κ2) is 7.00. The normalized spacial score (nSPS) is 11.9. The predicted molar refractivity (Wildman–Crippen MR) is 70.8 cm³/mol. The van der Waals surface area contributed by atoms with Crippen molar-refractivity contribution in [2.45, 2.75) is 25.8 Å². The van der Waals surface area contributed by atoms with E-state index in [1.54, 1.807) is 24.6 Å². The molecule has 6 heteroatoms. The topological polar surface area (TPSA) is 69.6 Å². The van der Waals surface area contributed by atoms with Gasteiger partial charge < -0.3 is 15.3 Å². The predicted octanol–water partition coefficient (Wildman–Crippen LogP) is 2.32. The first-order chi connectivity index (χ1) is 8.56. The molecular weight excluding hydrogens is 252 g/mol. The fraction of sp³-hybridized carbons (Fsp3) is 0.500. The van der Waals surface area contributed by atoms with E-state index < -0.39 is 12.0 Å². The molecule has 0 aliphatic rings. The Labute approximate surface area is 110 Å². The first-order valence-electron chi connectivity index (χ1n) is 5.84. The SMILES string of the molecule is CCCCN(C)C(=O)NC(C(=O)O)c1cccs1. The number of thiophene rings is 1. The number of urea groups is 1. The highest BCUT2D eigenvalue weighted by Gasteiger charge is 2.24. The summed E-state index contributed by atoms with van der Waals surface area (Å²) in [5, 5.41) is 13.4. The molecule has 1 aromatic heterocycles. The summed E-state index contributed by atoms with van der Waals surface area (Å²) in [4.78, 5) is 25.1. The van der Waals surface area contributed by atoms with Gasteiger partial charge in [-0.05, 0) is 17.9 Å². The minimum atomic E-state index is -1.05. The molecule has 1 heterocycles. The van der Waals surface area contributed by atoms with Crippen molar-refractivity contribution in [1.82, 2.24) is 10.2 Å². The summed E-state index contributed by atoms with van der Waals surface area (Å²) in [6.07, 6.45) is 1.89. The van der Waals surface area contributed by atoms with Crippen LogP contribution in [0.2, 0.25) is 0 Å². The fourth-order valence-corrected chi connectivity index (χ4v) is 2.21. The molecule has 1 unspecified atom stereocenters. The van der Waals surface area contributed by atoms with Crippen LogP contribution in [0.5, 0.6) is 0 Å². The number of amides is 2. The Kier molecular flexibility index (Phi) is 5.64. The summed E-state index contributed by atoms with van der Waals surface area (Å²) < 4.78 is 0. The van der Waals surface area contributed by atoms with Crippen molar-refractivity contribution in [2.24, 2.45) is 0 Å². The molecule has 0 fully saturated rings. The fourth-order valence-electron chi connectivity index (χ4n) is 1.44. The van der Waals surface area contributed by atoms with E-state index in [9.17, 15) is 9.59 Å². The summed E-state index contributed by atoms with van der Waals surface area (Å²) in [5.74, 6) is -1.05. The smallest absolute Gasteiger partial charge is 0.331 e. The molecule has 0 saturated carbocycles. The molecule has 0 aromatic carbocycles. The summed E-state index contributed by atoms with van der Waals surface area (Å²) >= 11 is 1.32. The lowest BCUT2D eigenvalue weighted by molar-refractivity contribution is -0.139. The maximum absolute atomic E-state index is 11.8. The highest BCUT2D eigenvalue weighted by atomic mass is 32.1. The number of carboxylic acid groups (broad SMARTS) is 1. The molecular formula is C12H18N2O3S. The van der Waals surface area contributed by atoms with Gasteiger partial charge in [0.2, 0.25) is 0 Å². The van der Waals surface area contributed by atoms with Crippen LogP contribution in [-0.2, 0) is 4.79 Å². The number of nitrogens with one attached hydrogen (secondary N) is 1. The number of hydrogen-bond acceptors (Lipinski definition) is 3. The Morgan fingerprint density at radius 1 is 1.56 bits per heavy atom. The van der Waals surface area contributed by atoms with Crippen LogP contribution >= 0.6 is 11.3 Å². The highest BCUT2D eigenvalue weighted by Crippen LogP contribution is 2.19. The molecule has 0 spiro atoms. The van der Waals surface area contributed by atoms with E-state index in [4.69, 9.17) is 5.11 Å². The summed E-state index contributed by atoms with van der Waals surface area (Å²) in [5.41, 5.74) is 0. The zero-order valence-electron chi connectivity index (χ0n) is 10.5.